The number of methoxy groups -OCH3 is 1. The summed E-state index contributed by atoms with van der Waals surface area (Å²) in [5.74, 6) is -1.13. The van der Waals surface area contributed by atoms with Gasteiger partial charge in [-0.05, 0) is 29.3 Å². The molecule has 1 unspecified atom stereocenters. The van der Waals surface area contributed by atoms with Crippen LogP contribution in [0.5, 0.6) is 0 Å². The number of carbonyl (C=O) groups excluding carboxylic acids is 1. The monoisotopic (exact) mass is 286 g/mol. The average molecular weight is 287 g/mol. The second-order valence-corrected chi connectivity index (χ2v) is 4.00. The lowest BCUT2D eigenvalue weighted by atomic mass is 10.1. The van der Waals surface area contributed by atoms with E-state index in [4.69, 9.17) is 17.1 Å². The Bertz CT molecular complexity index is 485. The summed E-state index contributed by atoms with van der Waals surface area (Å²) in [7, 11) is 1.23. The summed E-state index contributed by atoms with van der Waals surface area (Å²) in [6.45, 7) is 0.408. The fraction of sp³-hybridized carbons (Fsp3) is 0.364. The maximum Gasteiger partial charge on any atom is 0.327 e. The highest BCUT2D eigenvalue weighted by Gasteiger charge is 2.21. The third kappa shape index (κ3) is 4.75. The molecule has 0 heterocycles. The molecular formula is C11H12ClFN4O2. The van der Waals surface area contributed by atoms with Crippen LogP contribution in [0.4, 0.5) is 4.39 Å². The lowest BCUT2D eigenvalue weighted by Gasteiger charge is -2.16. The zero-order valence-electron chi connectivity index (χ0n) is 10.1. The quantitative estimate of drug-likeness (QED) is 0.287. The maximum absolute atomic E-state index is 13.3. The molecule has 1 aromatic rings. The number of benzene rings is 1. The first-order valence-corrected chi connectivity index (χ1v) is 5.74. The van der Waals surface area contributed by atoms with Gasteiger partial charge in [-0.3, -0.25) is 0 Å². The number of nitrogens with zero attached hydrogens (tertiary/aromatic N) is 3. The summed E-state index contributed by atoms with van der Waals surface area (Å²) >= 11 is 5.74. The number of azide groups is 1. The topological polar surface area (TPSA) is 87.1 Å². The molecule has 19 heavy (non-hydrogen) atoms. The van der Waals surface area contributed by atoms with E-state index in [0.717, 1.165) is 6.07 Å². The second kappa shape index (κ2) is 7.58. The van der Waals surface area contributed by atoms with Gasteiger partial charge in [0.25, 0.3) is 0 Å². The summed E-state index contributed by atoms with van der Waals surface area (Å²) in [4.78, 5) is 14.2. The molecule has 0 aliphatic carbocycles. The van der Waals surface area contributed by atoms with E-state index in [0.29, 0.717) is 5.56 Å². The predicted octanol–water partition coefficient (Wildman–Crippen LogP) is 2.59. The fourth-order valence-corrected chi connectivity index (χ4v) is 1.73. The molecule has 1 rings (SSSR count). The molecule has 0 bridgehead atoms. The number of rotatable bonds is 6. The van der Waals surface area contributed by atoms with E-state index in [2.05, 4.69) is 20.1 Å². The van der Waals surface area contributed by atoms with Gasteiger partial charge in [0.1, 0.15) is 11.9 Å². The van der Waals surface area contributed by atoms with Crippen molar-refractivity contribution in [3.8, 4) is 0 Å². The Kier molecular flexibility index (Phi) is 6.08. The molecule has 0 aromatic heterocycles. The van der Waals surface area contributed by atoms with Crippen LogP contribution in [-0.4, -0.2) is 26.2 Å². The van der Waals surface area contributed by atoms with Crippen molar-refractivity contribution in [1.82, 2.24) is 5.32 Å². The summed E-state index contributed by atoms with van der Waals surface area (Å²) in [5.41, 5.74) is 8.49. The van der Waals surface area contributed by atoms with Gasteiger partial charge in [0.15, 0.2) is 0 Å². The van der Waals surface area contributed by atoms with Gasteiger partial charge in [0.05, 0.1) is 7.11 Å². The molecule has 0 radical (unpaired) electrons. The number of ether oxygens (including phenoxy) is 1. The summed E-state index contributed by atoms with van der Waals surface area (Å²) in [6.07, 6.45) is 0. The highest BCUT2D eigenvalue weighted by atomic mass is 35.5. The Labute approximate surface area is 114 Å². The fourth-order valence-electron chi connectivity index (χ4n) is 1.50. The van der Waals surface area contributed by atoms with Crippen LogP contribution in [0, 0.1) is 5.82 Å². The Morgan fingerprint density at radius 3 is 2.95 bits per heavy atom. The van der Waals surface area contributed by atoms with Gasteiger partial charge in [-0.2, -0.15) is 0 Å². The van der Waals surface area contributed by atoms with Crippen LogP contribution in [0.3, 0.4) is 0 Å². The highest BCUT2D eigenvalue weighted by molar-refractivity contribution is 6.30. The van der Waals surface area contributed by atoms with E-state index < -0.39 is 17.8 Å². The van der Waals surface area contributed by atoms with E-state index in [1.54, 1.807) is 0 Å². The van der Waals surface area contributed by atoms with Crippen LogP contribution in [0.15, 0.2) is 23.3 Å². The molecule has 1 N–H and O–H groups in total. The van der Waals surface area contributed by atoms with E-state index in [9.17, 15) is 9.18 Å². The Hall–Kier alpha value is -1.82. The van der Waals surface area contributed by atoms with Crippen molar-refractivity contribution >= 4 is 17.6 Å². The first-order valence-electron chi connectivity index (χ1n) is 5.36. The van der Waals surface area contributed by atoms with Gasteiger partial charge >= 0.3 is 5.97 Å². The van der Waals surface area contributed by atoms with Gasteiger partial charge in [-0.1, -0.05) is 16.7 Å². The van der Waals surface area contributed by atoms with Gasteiger partial charge in [0.2, 0.25) is 0 Å². The standard InChI is InChI=1S/C11H12ClFN4O2/c1-19-11(18)10(15-2-3-16-17-14)7-4-8(12)6-9(13)5-7/h4-6,10,15H,2-3H2,1H3. The molecule has 0 saturated heterocycles. The molecule has 0 fully saturated rings. The number of esters is 1. The van der Waals surface area contributed by atoms with E-state index >= 15 is 0 Å². The Balaban J connectivity index is 2.89. The predicted molar refractivity (Wildman–Crippen MR) is 68.2 cm³/mol. The summed E-state index contributed by atoms with van der Waals surface area (Å²) < 4.78 is 17.9. The van der Waals surface area contributed by atoms with Crippen molar-refractivity contribution in [2.45, 2.75) is 6.04 Å². The number of carbonyl (C=O) groups is 1. The normalized spacial score (nSPS) is 11.5. The van der Waals surface area contributed by atoms with Gasteiger partial charge in [-0.15, -0.1) is 0 Å². The zero-order valence-corrected chi connectivity index (χ0v) is 10.9. The molecule has 0 saturated carbocycles. The van der Waals surface area contributed by atoms with Crippen molar-refractivity contribution in [3.05, 3.63) is 45.0 Å². The first-order chi connectivity index (χ1) is 9.08. The van der Waals surface area contributed by atoms with Crippen LogP contribution >= 0.6 is 11.6 Å². The Morgan fingerprint density at radius 2 is 2.37 bits per heavy atom. The molecule has 1 aromatic carbocycles. The van der Waals surface area contributed by atoms with Crippen LogP contribution in [0.2, 0.25) is 5.02 Å². The third-order valence-electron chi connectivity index (χ3n) is 2.28. The van der Waals surface area contributed by atoms with Crippen LogP contribution < -0.4 is 5.32 Å². The number of nitrogens with one attached hydrogen (secondary N) is 1. The highest BCUT2D eigenvalue weighted by Crippen LogP contribution is 2.21. The SMILES string of the molecule is COC(=O)C(NCCN=[N+]=[N-])c1cc(F)cc(Cl)c1. The number of hydrogen-bond donors (Lipinski definition) is 1. The molecule has 6 nitrogen and oxygen atoms in total. The van der Waals surface area contributed by atoms with Crippen molar-refractivity contribution in [3.63, 3.8) is 0 Å². The second-order valence-electron chi connectivity index (χ2n) is 3.57. The largest absolute Gasteiger partial charge is 0.468 e. The lowest BCUT2D eigenvalue weighted by molar-refractivity contribution is -0.143. The number of hydrogen-bond acceptors (Lipinski definition) is 4. The molecule has 0 aliphatic rings. The summed E-state index contributed by atoms with van der Waals surface area (Å²) in [5, 5.41) is 6.32. The van der Waals surface area contributed by atoms with Crippen LogP contribution in [0.1, 0.15) is 11.6 Å². The first kappa shape index (κ1) is 15.2. The van der Waals surface area contributed by atoms with Crippen molar-refractivity contribution in [2.75, 3.05) is 20.2 Å². The van der Waals surface area contributed by atoms with Crippen molar-refractivity contribution in [1.29, 1.82) is 0 Å². The zero-order chi connectivity index (χ0) is 14.3. The molecule has 0 aliphatic heterocycles. The molecule has 1 atom stereocenters. The third-order valence-corrected chi connectivity index (χ3v) is 2.50. The Morgan fingerprint density at radius 1 is 1.63 bits per heavy atom. The number of halogens is 2. The van der Waals surface area contributed by atoms with Crippen molar-refractivity contribution in [2.24, 2.45) is 5.11 Å². The minimum Gasteiger partial charge on any atom is -0.468 e. The smallest absolute Gasteiger partial charge is 0.327 e. The molecule has 8 heteroatoms. The minimum atomic E-state index is -0.868. The molecular weight excluding hydrogens is 275 g/mol. The van der Waals surface area contributed by atoms with E-state index in [1.165, 1.54) is 19.2 Å². The maximum atomic E-state index is 13.3. The van der Waals surface area contributed by atoms with Gasteiger partial charge in [0, 0.05) is 23.0 Å². The summed E-state index contributed by atoms with van der Waals surface area (Å²) in [6, 6.07) is 2.92. The van der Waals surface area contributed by atoms with E-state index in [1.807, 2.05) is 0 Å². The average Bonchev–Trinajstić information content (AvgIpc) is 2.37. The minimum absolute atomic E-state index is 0.160. The van der Waals surface area contributed by atoms with Gasteiger partial charge in [-0.25, -0.2) is 9.18 Å². The van der Waals surface area contributed by atoms with Crippen LogP contribution in [0.25, 0.3) is 10.4 Å². The molecule has 0 spiro atoms. The van der Waals surface area contributed by atoms with Gasteiger partial charge < -0.3 is 10.1 Å². The molecule has 102 valence electrons. The molecule has 0 amide bonds. The van der Waals surface area contributed by atoms with E-state index in [-0.39, 0.29) is 18.1 Å². The van der Waals surface area contributed by atoms with Crippen LogP contribution in [-0.2, 0) is 9.53 Å². The lowest BCUT2D eigenvalue weighted by Crippen LogP contribution is -2.31. The van der Waals surface area contributed by atoms with Crippen molar-refractivity contribution < 1.29 is 13.9 Å².